The standard InChI is InChI=1S/C14H17N3/c1-10(2)9-14(17-15)12-7-8-16-13-6-4-3-5-11(12)13/h3-8,14,17H,1,9,15H2,2H3. The van der Waals surface area contributed by atoms with E-state index in [1.165, 1.54) is 5.56 Å². The quantitative estimate of drug-likeness (QED) is 0.479. The molecule has 3 N–H and O–H groups in total. The number of aromatic nitrogens is 1. The highest BCUT2D eigenvalue weighted by Crippen LogP contribution is 2.26. The summed E-state index contributed by atoms with van der Waals surface area (Å²) in [7, 11) is 0. The number of para-hydroxylation sites is 1. The minimum atomic E-state index is 0.0837. The molecule has 0 aliphatic carbocycles. The molecule has 1 aromatic carbocycles. The highest BCUT2D eigenvalue weighted by Gasteiger charge is 2.12. The molecule has 0 aliphatic rings. The van der Waals surface area contributed by atoms with Crippen molar-refractivity contribution in [1.82, 2.24) is 10.4 Å². The second-order valence-corrected chi connectivity index (χ2v) is 4.30. The number of hydrazine groups is 1. The van der Waals surface area contributed by atoms with Crippen molar-refractivity contribution >= 4 is 10.9 Å². The van der Waals surface area contributed by atoms with Gasteiger partial charge < -0.3 is 0 Å². The minimum absolute atomic E-state index is 0.0837. The topological polar surface area (TPSA) is 50.9 Å². The SMILES string of the molecule is C=C(C)CC(NN)c1ccnc2ccccc12. The molecule has 3 nitrogen and oxygen atoms in total. The number of pyridine rings is 1. The van der Waals surface area contributed by atoms with Crippen molar-refractivity contribution in [1.29, 1.82) is 0 Å². The Kier molecular flexibility index (Phi) is 3.52. The van der Waals surface area contributed by atoms with Crippen LogP contribution in [0.25, 0.3) is 10.9 Å². The summed E-state index contributed by atoms with van der Waals surface area (Å²) in [6.45, 7) is 5.94. The van der Waals surface area contributed by atoms with Crippen molar-refractivity contribution in [3.05, 3.63) is 54.2 Å². The number of nitrogens with zero attached hydrogens (tertiary/aromatic N) is 1. The Labute approximate surface area is 101 Å². The largest absolute Gasteiger partial charge is 0.271 e. The van der Waals surface area contributed by atoms with Crippen molar-refractivity contribution < 1.29 is 0 Å². The van der Waals surface area contributed by atoms with Crippen LogP contribution < -0.4 is 11.3 Å². The number of nitrogens with one attached hydrogen (secondary N) is 1. The van der Waals surface area contributed by atoms with Crippen LogP contribution in [0.5, 0.6) is 0 Å². The van der Waals surface area contributed by atoms with Crippen LogP contribution in [0.4, 0.5) is 0 Å². The van der Waals surface area contributed by atoms with Crippen LogP contribution in [0.15, 0.2) is 48.7 Å². The van der Waals surface area contributed by atoms with E-state index in [0.29, 0.717) is 0 Å². The molecule has 1 unspecified atom stereocenters. The minimum Gasteiger partial charge on any atom is -0.271 e. The van der Waals surface area contributed by atoms with Gasteiger partial charge in [-0.15, -0.1) is 6.58 Å². The fourth-order valence-corrected chi connectivity index (χ4v) is 2.03. The molecule has 0 amide bonds. The summed E-state index contributed by atoms with van der Waals surface area (Å²) < 4.78 is 0. The van der Waals surface area contributed by atoms with E-state index in [0.717, 1.165) is 22.9 Å². The van der Waals surface area contributed by atoms with Gasteiger partial charge in [-0.25, -0.2) is 0 Å². The molecule has 1 aromatic heterocycles. The molecule has 88 valence electrons. The number of fused-ring (bicyclic) bond motifs is 1. The van der Waals surface area contributed by atoms with Crippen LogP contribution in [-0.2, 0) is 0 Å². The molecule has 17 heavy (non-hydrogen) atoms. The van der Waals surface area contributed by atoms with E-state index in [2.05, 4.69) is 23.1 Å². The van der Waals surface area contributed by atoms with E-state index in [-0.39, 0.29) is 6.04 Å². The lowest BCUT2D eigenvalue weighted by Gasteiger charge is -2.18. The Morgan fingerprint density at radius 1 is 1.41 bits per heavy atom. The first-order valence-electron chi connectivity index (χ1n) is 5.66. The van der Waals surface area contributed by atoms with Gasteiger partial charge in [0.05, 0.1) is 11.6 Å². The lowest BCUT2D eigenvalue weighted by molar-refractivity contribution is 0.553. The molecule has 0 radical (unpaired) electrons. The van der Waals surface area contributed by atoms with Gasteiger partial charge in [0.2, 0.25) is 0 Å². The number of hydrogen-bond acceptors (Lipinski definition) is 3. The maximum atomic E-state index is 5.63. The van der Waals surface area contributed by atoms with Gasteiger partial charge in [-0.3, -0.25) is 16.3 Å². The van der Waals surface area contributed by atoms with Gasteiger partial charge in [-0.2, -0.15) is 0 Å². The average Bonchev–Trinajstić information content (AvgIpc) is 2.35. The van der Waals surface area contributed by atoms with Crippen molar-refractivity contribution in [2.75, 3.05) is 0 Å². The summed E-state index contributed by atoms with van der Waals surface area (Å²) in [6, 6.07) is 10.2. The summed E-state index contributed by atoms with van der Waals surface area (Å²) in [5, 5.41) is 1.14. The lowest BCUT2D eigenvalue weighted by atomic mass is 9.98. The van der Waals surface area contributed by atoms with Crippen molar-refractivity contribution in [2.45, 2.75) is 19.4 Å². The Hall–Kier alpha value is -1.71. The van der Waals surface area contributed by atoms with Crippen LogP contribution in [0.3, 0.4) is 0 Å². The first kappa shape index (κ1) is 11.8. The summed E-state index contributed by atoms with van der Waals surface area (Å²) in [4.78, 5) is 4.35. The maximum Gasteiger partial charge on any atom is 0.0705 e. The van der Waals surface area contributed by atoms with E-state index in [9.17, 15) is 0 Å². The Morgan fingerprint density at radius 2 is 2.18 bits per heavy atom. The van der Waals surface area contributed by atoms with Crippen molar-refractivity contribution in [3.63, 3.8) is 0 Å². The van der Waals surface area contributed by atoms with Crippen LogP contribution in [0.2, 0.25) is 0 Å². The van der Waals surface area contributed by atoms with Gasteiger partial charge in [0.1, 0.15) is 0 Å². The third-order valence-electron chi connectivity index (χ3n) is 2.81. The second kappa shape index (κ2) is 5.08. The second-order valence-electron chi connectivity index (χ2n) is 4.30. The van der Waals surface area contributed by atoms with E-state index < -0.39 is 0 Å². The Bertz CT molecular complexity index is 528. The van der Waals surface area contributed by atoms with E-state index in [4.69, 9.17) is 5.84 Å². The van der Waals surface area contributed by atoms with Gasteiger partial charge in [0.15, 0.2) is 0 Å². The van der Waals surface area contributed by atoms with E-state index in [1.807, 2.05) is 37.4 Å². The Balaban J connectivity index is 2.49. The smallest absolute Gasteiger partial charge is 0.0705 e. The number of rotatable bonds is 4. The predicted molar refractivity (Wildman–Crippen MR) is 71.2 cm³/mol. The van der Waals surface area contributed by atoms with Crippen molar-refractivity contribution in [3.8, 4) is 0 Å². The highest BCUT2D eigenvalue weighted by atomic mass is 15.2. The summed E-state index contributed by atoms with van der Waals surface area (Å²) in [6.07, 6.45) is 2.64. The van der Waals surface area contributed by atoms with E-state index in [1.54, 1.807) is 0 Å². The first-order valence-corrected chi connectivity index (χ1v) is 5.66. The summed E-state index contributed by atoms with van der Waals surface area (Å²) >= 11 is 0. The van der Waals surface area contributed by atoms with Gasteiger partial charge in [-0.1, -0.05) is 23.8 Å². The molecular formula is C14H17N3. The van der Waals surface area contributed by atoms with Crippen molar-refractivity contribution in [2.24, 2.45) is 5.84 Å². The molecule has 3 heteroatoms. The Morgan fingerprint density at radius 3 is 2.88 bits per heavy atom. The van der Waals surface area contributed by atoms with Gasteiger partial charge in [0.25, 0.3) is 0 Å². The fourth-order valence-electron chi connectivity index (χ4n) is 2.03. The molecule has 0 saturated carbocycles. The molecule has 0 saturated heterocycles. The molecule has 0 bridgehead atoms. The zero-order valence-corrected chi connectivity index (χ0v) is 9.98. The van der Waals surface area contributed by atoms with Crippen LogP contribution >= 0.6 is 0 Å². The molecular weight excluding hydrogens is 210 g/mol. The van der Waals surface area contributed by atoms with Gasteiger partial charge >= 0.3 is 0 Å². The zero-order chi connectivity index (χ0) is 12.3. The summed E-state index contributed by atoms with van der Waals surface area (Å²) in [5.41, 5.74) is 6.12. The molecule has 0 fully saturated rings. The number of benzene rings is 1. The molecule has 1 atom stereocenters. The predicted octanol–water partition coefficient (Wildman–Crippen LogP) is 2.71. The van der Waals surface area contributed by atoms with Crippen LogP contribution in [0.1, 0.15) is 24.9 Å². The third kappa shape index (κ3) is 2.52. The van der Waals surface area contributed by atoms with Crippen LogP contribution in [0, 0.1) is 0 Å². The first-order chi connectivity index (χ1) is 8.22. The van der Waals surface area contributed by atoms with E-state index >= 15 is 0 Å². The average molecular weight is 227 g/mol. The number of hydrogen-bond donors (Lipinski definition) is 2. The number of nitrogens with two attached hydrogens (primary N) is 1. The molecule has 0 spiro atoms. The lowest BCUT2D eigenvalue weighted by Crippen LogP contribution is -2.28. The molecule has 0 aliphatic heterocycles. The molecule has 2 aromatic rings. The highest BCUT2D eigenvalue weighted by molar-refractivity contribution is 5.82. The zero-order valence-electron chi connectivity index (χ0n) is 9.98. The normalized spacial score (nSPS) is 12.6. The van der Waals surface area contributed by atoms with Gasteiger partial charge in [-0.05, 0) is 31.0 Å². The maximum absolute atomic E-state index is 5.63. The third-order valence-corrected chi connectivity index (χ3v) is 2.81. The van der Waals surface area contributed by atoms with Crippen LogP contribution in [-0.4, -0.2) is 4.98 Å². The summed E-state index contributed by atoms with van der Waals surface area (Å²) in [5.74, 6) is 5.63. The monoisotopic (exact) mass is 227 g/mol. The fraction of sp³-hybridized carbons (Fsp3) is 0.214. The molecule has 1 heterocycles. The van der Waals surface area contributed by atoms with Gasteiger partial charge in [0, 0.05) is 11.6 Å². The molecule has 2 rings (SSSR count).